The van der Waals surface area contributed by atoms with Gasteiger partial charge in [0.05, 0.1) is 5.69 Å². The maximum atomic E-state index is 12.4. The van der Waals surface area contributed by atoms with E-state index in [1.807, 2.05) is 48.5 Å². The summed E-state index contributed by atoms with van der Waals surface area (Å²) in [5.74, 6) is 0.565. The molecule has 2 aromatic rings. The number of anilines is 1. The monoisotopic (exact) mass is 375 g/mol. The molecule has 0 heterocycles. The van der Waals surface area contributed by atoms with Crippen LogP contribution in [0.2, 0.25) is 0 Å². The van der Waals surface area contributed by atoms with Crippen molar-refractivity contribution in [3.63, 3.8) is 0 Å². The summed E-state index contributed by atoms with van der Waals surface area (Å²) in [6.07, 6.45) is -0.592. The van der Waals surface area contributed by atoms with Crippen molar-refractivity contribution in [2.75, 3.05) is 5.32 Å². The molecule has 0 saturated heterocycles. The summed E-state index contributed by atoms with van der Waals surface area (Å²) in [6, 6.07) is 15.4. The molecule has 3 nitrogen and oxygen atoms in total. The topological polar surface area (TPSA) is 38.3 Å². The second-order valence-electron chi connectivity index (χ2n) is 6.48. The van der Waals surface area contributed by atoms with Crippen molar-refractivity contribution in [1.29, 1.82) is 0 Å². The fourth-order valence-corrected chi connectivity index (χ4v) is 2.61. The summed E-state index contributed by atoms with van der Waals surface area (Å²) in [5, 5.41) is 2.88. The van der Waals surface area contributed by atoms with Crippen LogP contribution in [0.4, 0.5) is 5.69 Å². The fourth-order valence-electron chi connectivity index (χ4n) is 2.23. The van der Waals surface area contributed by atoms with E-state index in [0.29, 0.717) is 0 Å². The molecule has 0 spiro atoms. The van der Waals surface area contributed by atoms with Gasteiger partial charge in [-0.25, -0.2) is 0 Å². The van der Waals surface area contributed by atoms with Gasteiger partial charge in [-0.2, -0.15) is 0 Å². The minimum Gasteiger partial charge on any atom is -0.481 e. The molecule has 1 N–H and O–H groups in total. The van der Waals surface area contributed by atoms with Gasteiger partial charge in [-0.1, -0.05) is 51.1 Å². The van der Waals surface area contributed by atoms with Gasteiger partial charge in [-0.15, -0.1) is 0 Å². The first-order valence-corrected chi connectivity index (χ1v) is 8.40. The van der Waals surface area contributed by atoms with Gasteiger partial charge in [0.2, 0.25) is 0 Å². The molecule has 0 aliphatic carbocycles. The van der Waals surface area contributed by atoms with E-state index >= 15 is 0 Å². The molecule has 0 bridgehead atoms. The Kier molecular flexibility index (Phi) is 5.47. The van der Waals surface area contributed by atoms with Gasteiger partial charge in [0, 0.05) is 4.47 Å². The molecule has 1 atom stereocenters. The number of carbonyl (C=O) groups excluding carboxylic acids is 1. The highest BCUT2D eigenvalue weighted by Gasteiger charge is 2.22. The fraction of sp³-hybridized carbons (Fsp3) is 0.316. The second kappa shape index (κ2) is 7.18. The molecule has 23 heavy (non-hydrogen) atoms. The van der Waals surface area contributed by atoms with E-state index in [9.17, 15) is 4.79 Å². The molecule has 1 unspecified atom stereocenters. The molecule has 0 aliphatic rings. The Balaban J connectivity index is 2.12. The minimum atomic E-state index is -0.592. The van der Waals surface area contributed by atoms with Crippen molar-refractivity contribution in [1.82, 2.24) is 0 Å². The normalized spacial score (nSPS) is 12.6. The molecule has 1 amide bonds. The lowest BCUT2D eigenvalue weighted by atomic mass is 9.86. The zero-order chi connectivity index (χ0) is 17.0. The molecule has 0 radical (unpaired) electrons. The third-order valence-corrected chi connectivity index (χ3v) is 4.19. The number of nitrogens with one attached hydrogen (secondary N) is 1. The average Bonchev–Trinajstić information content (AvgIpc) is 2.49. The number of halogens is 1. The van der Waals surface area contributed by atoms with Crippen LogP contribution >= 0.6 is 15.9 Å². The largest absolute Gasteiger partial charge is 0.481 e. The average molecular weight is 376 g/mol. The van der Waals surface area contributed by atoms with E-state index in [2.05, 4.69) is 42.0 Å². The number of ether oxygens (including phenoxy) is 1. The van der Waals surface area contributed by atoms with Crippen molar-refractivity contribution in [3.8, 4) is 5.75 Å². The van der Waals surface area contributed by atoms with Crippen molar-refractivity contribution in [2.24, 2.45) is 0 Å². The second-order valence-corrected chi connectivity index (χ2v) is 7.33. The van der Waals surface area contributed by atoms with Gasteiger partial charge < -0.3 is 10.1 Å². The van der Waals surface area contributed by atoms with E-state index in [0.717, 1.165) is 21.5 Å². The standard InChI is InChI=1S/C19H22BrNO2/c1-13(18(22)21-16-11-7-6-10-15(16)20)23-17-12-8-5-9-14(17)19(2,3)4/h5-13H,1-4H3,(H,21,22). The van der Waals surface area contributed by atoms with Crippen LogP contribution in [0.15, 0.2) is 53.0 Å². The van der Waals surface area contributed by atoms with Crippen LogP contribution in [-0.2, 0) is 10.2 Å². The zero-order valence-electron chi connectivity index (χ0n) is 13.9. The smallest absolute Gasteiger partial charge is 0.265 e. The molecular weight excluding hydrogens is 354 g/mol. The van der Waals surface area contributed by atoms with Crippen molar-refractivity contribution in [2.45, 2.75) is 39.2 Å². The Bertz CT molecular complexity index is 692. The van der Waals surface area contributed by atoms with Gasteiger partial charge in [0.25, 0.3) is 5.91 Å². The van der Waals surface area contributed by atoms with Gasteiger partial charge in [-0.05, 0) is 52.0 Å². The van der Waals surface area contributed by atoms with Crippen molar-refractivity contribution >= 4 is 27.5 Å². The highest BCUT2D eigenvalue weighted by molar-refractivity contribution is 9.10. The molecule has 2 rings (SSSR count). The number of hydrogen-bond donors (Lipinski definition) is 1. The van der Waals surface area contributed by atoms with Crippen molar-refractivity contribution < 1.29 is 9.53 Å². The number of para-hydroxylation sites is 2. The maximum Gasteiger partial charge on any atom is 0.265 e. The number of amides is 1. The predicted octanol–water partition coefficient (Wildman–Crippen LogP) is 5.15. The van der Waals surface area contributed by atoms with Gasteiger partial charge >= 0.3 is 0 Å². The SMILES string of the molecule is CC(Oc1ccccc1C(C)(C)C)C(=O)Nc1ccccc1Br. The number of benzene rings is 2. The van der Waals surface area contributed by atoms with Crippen LogP contribution in [0.3, 0.4) is 0 Å². The Hall–Kier alpha value is -1.81. The first-order chi connectivity index (χ1) is 10.8. The lowest BCUT2D eigenvalue weighted by Crippen LogP contribution is -2.31. The van der Waals surface area contributed by atoms with E-state index in [4.69, 9.17) is 4.74 Å². The van der Waals surface area contributed by atoms with Crippen LogP contribution in [0.1, 0.15) is 33.3 Å². The predicted molar refractivity (Wildman–Crippen MR) is 98.0 cm³/mol. The maximum absolute atomic E-state index is 12.4. The Morgan fingerprint density at radius 1 is 1.09 bits per heavy atom. The van der Waals surface area contributed by atoms with E-state index in [1.54, 1.807) is 6.92 Å². The van der Waals surface area contributed by atoms with E-state index in [1.165, 1.54) is 0 Å². The summed E-state index contributed by atoms with van der Waals surface area (Å²) in [5.41, 5.74) is 1.77. The summed E-state index contributed by atoms with van der Waals surface area (Å²) in [6.45, 7) is 8.13. The first-order valence-electron chi connectivity index (χ1n) is 7.60. The summed E-state index contributed by atoms with van der Waals surface area (Å²) < 4.78 is 6.76. The molecule has 122 valence electrons. The molecule has 0 aliphatic heterocycles. The molecular formula is C19H22BrNO2. The third-order valence-electron chi connectivity index (χ3n) is 3.50. The molecule has 0 aromatic heterocycles. The number of carbonyl (C=O) groups is 1. The minimum absolute atomic E-state index is 0.0464. The Labute approximate surface area is 146 Å². The highest BCUT2D eigenvalue weighted by Crippen LogP contribution is 2.31. The van der Waals surface area contributed by atoms with Gasteiger partial charge in [0.15, 0.2) is 6.10 Å². The van der Waals surface area contributed by atoms with E-state index < -0.39 is 6.10 Å². The third kappa shape index (κ3) is 4.58. The quantitative estimate of drug-likeness (QED) is 0.801. The molecule has 0 fully saturated rings. The van der Waals surface area contributed by atoms with Crippen LogP contribution in [0.5, 0.6) is 5.75 Å². The molecule has 0 saturated carbocycles. The van der Waals surface area contributed by atoms with Crippen LogP contribution < -0.4 is 10.1 Å². The zero-order valence-corrected chi connectivity index (χ0v) is 15.5. The van der Waals surface area contributed by atoms with Crippen LogP contribution in [0.25, 0.3) is 0 Å². The Morgan fingerprint density at radius 2 is 1.70 bits per heavy atom. The van der Waals surface area contributed by atoms with Gasteiger partial charge in [0.1, 0.15) is 5.75 Å². The Morgan fingerprint density at radius 3 is 2.35 bits per heavy atom. The van der Waals surface area contributed by atoms with Crippen LogP contribution in [0, 0.1) is 0 Å². The van der Waals surface area contributed by atoms with Crippen LogP contribution in [-0.4, -0.2) is 12.0 Å². The van der Waals surface area contributed by atoms with E-state index in [-0.39, 0.29) is 11.3 Å². The lowest BCUT2D eigenvalue weighted by molar-refractivity contribution is -0.122. The highest BCUT2D eigenvalue weighted by atomic mass is 79.9. The first kappa shape index (κ1) is 17.5. The van der Waals surface area contributed by atoms with Crippen molar-refractivity contribution in [3.05, 3.63) is 58.6 Å². The van der Waals surface area contributed by atoms with Gasteiger partial charge in [-0.3, -0.25) is 4.79 Å². The number of hydrogen-bond acceptors (Lipinski definition) is 2. The lowest BCUT2D eigenvalue weighted by Gasteiger charge is -2.24. The summed E-state index contributed by atoms with van der Waals surface area (Å²) in [7, 11) is 0. The number of rotatable bonds is 4. The molecule has 2 aromatic carbocycles. The summed E-state index contributed by atoms with van der Waals surface area (Å²) in [4.78, 5) is 12.4. The molecule has 4 heteroatoms. The summed E-state index contributed by atoms with van der Waals surface area (Å²) >= 11 is 3.42.